The Morgan fingerprint density at radius 2 is 2.00 bits per heavy atom. The van der Waals surface area contributed by atoms with Crippen molar-refractivity contribution in [1.82, 2.24) is 0 Å². The van der Waals surface area contributed by atoms with E-state index in [1.807, 2.05) is 6.07 Å². The van der Waals surface area contributed by atoms with Gasteiger partial charge in [-0.25, -0.2) is 4.39 Å². The molecule has 0 radical (unpaired) electrons. The molecule has 0 atom stereocenters. The highest BCUT2D eigenvalue weighted by atomic mass is 19.1. The fourth-order valence-corrected chi connectivity index (χ4v) is 2.81. The summed E-state index contributed by atoms with van der Waals surface area (Å²) in [7, 11) is 0. The number of hydrogen-bond acceptors (Lipinski definition) is 1. The number of benzene rings is 1. The lowest BCUT2D eigenvalue weighted by molar-refractivity contribution is 0.314. The summed E-state index contributed by atoms with van der Waals surface area (Å²) in [4.78, 5) is 0. The minimum Gasteiger partial charge on any atom is -0.207 e. The van der Waals surface area contributed by atoms with E-state index in [0.717, 1.165) is 24.3 Å². The molecule has 1 nitrogen and oxygen atoms in total. The predicted molar refractivity (Wildman–Crippen MR) is 66.1 cm³/mol. The normalized spacial score (nSPS) is 24.3. The Balaban J connectivity index is 2.11. The predicted octanol–water partition coefficient (Wildman–Crippen LogP) is 4.38. The van der Waals surface area contributed by atoms with E-state index in [2.05, 4.69) is 6.92 Å². The molecule has 2 rings (SSSR count). The fraction of sp³-hybridized carbons (Fsp3) is 0.533. The summed E-state index contributed by atoms with van der Waals surface area (Å²) < 4.78 is 13.8. The molecule has 1 aliphatic rings. The Kier molecular flexibility index (Phi) is 3.78. The number of nitrogens with zero attached hydrogens (tertiary/aromatic N) is 1. The molecular formula is C15H18FN. The number of nitriles is 1. The van der Waals surface area contributed by atoms with Gasteiger partial charge in [-0.3, -0.25) is 0 Å². The van der Waals surface area contributed by atoms with Crippen LogP contribution in [0.3, 0.4) is 0 Å². The lowest BCUT2D eigenvalue weighted by Crippen LogP contribution is -2.13. The van der Waals surface area contributed by atoms with Gasteiger partial charge >= 0.3 is 0 Å². The zero-order valence-corrected chi connectivity index (χ0v) is 10.2. The minimum atomic E-state index is -0.205. The Morgan fingerprint density at radius 3 is 2.53 bits per heavy atom. The molecule has 1 fully saturated rings. The first kappa shape index (κ1) is 12.1. The van der Waals surface area contributed by atoms with Crippen LogP contribution in [0.1, 0.15) is 56.1 Å². The van der Waals surface area contributed by atoms with Gasteiger partial charge in [0.1, 0.15) is 5.82 Å². The van der Waals surface area contributed by atoms with Gasteiger partial charge in [0, 0.05) is 0 Å². The van der Waals surface area contributed by atoms with Crippen molar-refractivity contribution >= 4 is 0 Å². The van der Waals surface area contributed by atoms with Crippen molar-refractivity contribution < 1.29 is 4.39 Å². The van der Waals surface area contributed by atoms with Gasteiger partial charge in [0.2, 0.25) is 0 Å². The van der Waals surface area contributed by atoms with Gasteiger partial charge in [0.15, 0.2) is 0 Å². The number of rotatable bonds is 2. The largest absolute Gasteiger partial charge is 0.207 e. The molecule has 0 spiro atoms. The molecule has 90 valence electrons. The average molecular weight is 231 g/mol. The molecular weight excluding hydrogens is 213 g/mol. The van der Waals surface area contributed by atoms with Crippen molar-refractivity contribution in [2.75, 3.05) is 0 Å². The van der Waals surface area contributed by atoms with E-state index in [1.165, 1.54) is 25.3 Å². The van der Waals surface area contributed by atoms with Crippen molar-refractivity contribution in [2.45, 2.75) is 44.9 Å². The van der Waals surface area contributed by atoms with Crippen molar-refractivity contribution in [1.29, 1.82) is 5.26 Å². The second kappa shape index (κ2) is 5.31. The molecule has 1 aliphatic carbocycles. The highest BCUT2D eigenvalue weighted by Crippen LogP contribution is 2.37. The number of hydrogen-bond donors (Lipinski definition) is 0. The maximum atomic E-state index is 13.8. The first-order valence-electron chi connectivity index (χ1n) is 6.44. The lowest BCUT2D eigenvalue weighted by Gasteiger charge is -2.28. The van der Waals surface area contributed by atoms with Gasteiger partial charge in [-0.05, 0) is 55.2 Å². The molecule has 0 aliphatic heterocycles. The SMILES string of the molecule is CC[C@H]1CC[C@H](c2ccc(C#N)cc2F)CC1. The minimum absolute atomic E-state index is 0.205. The molecule has 0 heterocycles. The lowest BCUT2D eigenvalue weighted by atomic mass is 9.77. The van der Waals surface area contributed by atoms with Gasteiger partial charge < -0.3 is 0 Å². The Hall–Kier alpha value is -1.36. The molecule has 0 saturated heterocycles. The van der Waals surface area contributed by atoms with Crippen LogP contribution in [0.4, 0.5) is 4.39 Å². The Labute approximate surface area is 102 Å². The van der Waals surface area contributed by atoms with E-state index in [0.29, 0.717) is 11.5 Å². The third-order valence-electron chi connectivity index (χ3n) is 3.99. The zero-order chi connectivity index (χ0) is 12.3. The zero-order valence-electron chi connectivity index (χ0n) is 10.2. The van der Waals surface area contributed by atoms with Gasteiger partial charge in [0.25, 0.3) is 0 Å². The molecule has 1 aromatic carbocycles. The summed E-state index contributed by atoms with van der Waals surface area (Å²) in [6.45, 7) is 2.23. The molecule has 2 heteroatoms. The standard InChI is InChI=1S/C15H18FN/c1-2-11-3-6-13(7-4-11)14-8-5-12(10-17)9-15(14)16/h5,8-9,11,13H,2-4,6-7H2,1H3/t11-,13-. The van der Waals surface area contributed by atoms with Crippen LogP contribution in [0.25, 0.3) is 0 Å². The average Bonchev–Trinajstić information content (AvgIpc) is 2.39. The summed E-state index contributed by atoms with van der Waals surface area (Å²) in [6, 6.07) is 6.86. The summed E-state index contributed by atoms with van der Waals surface area (Å²) in [6.07, 6.45) is 5.83. The van der Waals surface area contributed by atoms with E-state index < -0.39 is 0 Å². The third-order valence-corrected chi connectivity index (χ3v) is 3.99. The molecule has 1 aromatic rings. The second-order valence-electron chi connectivity index (χ2n) is 4.97. The quantitative estimate of drug-likeness (QED) is 0.741. The van der Waals surface area contributed by atoms with Gasteiger partial charge in [-0.1, -0.05) is 19.4 Å². The third kappa shape index (κ3) is 2.66. The molecule has 1 saturated carbocycles. The van der Waals surface area contributed by atoms with Crippen LogP contribution in [0.2, 0.25) is 0 Å². The first-order chi connectivity index (χ1) is 8.24. The van der Waals surface area contributed by atoms with Crippen molar-refractivity contribution in [3.05, 3.63) is 35.1 Å². The molecule has 0 N–H and O–H groups in total. The maximum Gasteiger partial charge on any atom is 0.127 e. The first-order valence-corrected chi connectivity index (χ1v) is 6.44. The van der Waals surface area contributed by atoms with Crippen LogP contribution in [-0.4, -0.2) is 0 Å². The van der Waals surface area contributed by atoms with E-state index in [9.17, 15) is 4.39 Å². The van der Waals surface area contributed by atoms with Gasteiger partial charge in [-0.15, -0.1) is 0 Å². The Morgan fingerprint density at radius 1 is 1.29 bits per heavy atom. The topological polar surface area (TPSA) is 23.8 Å². The van der Waals surface area contributed by atoms with Crippen LogP contribution < -0.4 is 0 Å². The maximum absolute atomic E-state index is 13.8. The fourth-order valence-electron chi connectivity index (χ4n) is 2.81. The van der Waals surface area contributed by atoms with Crippen molar-refractivity contribution in [3.8, 4) is 6.07 Å². The van der Waals surface area contributed by atoms with Gasteiger partial charge in [-0.2, -0.15) is 5.26 Å². The van der Waals surface area contributed by atoms with Crippen LogP contribution in [0.15, 0.2) is 18.2 Å². The molecule has 0 amide bonds. The summed E-state index contributed by atoms with van der Waals surface area (Å²) >= 11 is 0. The molecule has 0 bridgehead atoms. The smallest absolute Gasteiger partial charge is 0.127 e. The van der Waals surface area contributed by atoms with Crippen LogP contribution in [-0.2, 0) is 0 Å². The summed E-state index contributed by atoms with van der Waals surface area (Å²) in [5.74, 6) is 0.974. The molecule has 0 unspecified atom stereocenters. The van der Waals surface area contributed by atoms with Crippen LogP contribution in [0, 0.1) is 23.1 Å². The van der Waals surface area contributed by atoms with E-state index in [4.69, 9.17) is 5.26 Å². The van der Waals surface area contributed by atoms with E-state index >= 15 is 0 Å². The monoisotopic (exact) mass is 231 g/mol. The highest BCUT2D eigenvalue weighted by molar-refractivity contribution is 5.34. The van der Waals surface area contributed by atoms with E-state index in [-0.39, 0.29) is 5.82 Å². The Bertz CT molecular complexity index is 425. The molecule has 17 heavy (non-hydrogen) atoms. The van der Waals surface area contributed by atoms with Gasteiger partial charge in [0.05, 0.1) is 11.6 Å². The van der Waals surface area contributed by atoms with Crippen LogP contribution in [0.5, 0.6) is 0 Å². The second-order valence-corrected chi connectivity index (χ2v) is 4.97. The van der Waals surface area contributed by atoms with Crippen molar-refractivity contribution in [2.24, 2.45) is 5.92 Å². The highest BCUT2D eigenvalue weighted by Gasteiger charge is 2.23. The molecule has 0 aromatic heterocycles. The van der Waals surface area contributed by atoms with Crippen molar-refractivity contribution in [3.63, 3.8) is 0 Å². The number of halogens is 1. The summed E-state index contributed by atoms with van der Waals surface area (Å²) in [5, 5.41) is 8.71. The van der Waals surface area contributed by atoms with E-state index in [1.54, 1.807) is 12.1 Å². The van der Waals surface area contributed by atoms with Crippen LogP contribution >= 0.6 is 0 Å². The summed E-state index contributed by atoms with van der Waals surface area (Å²) in [5.41, 5.74) is 1.21.